The van der Waals surface area contributed by atoms with Crippen LogP contribution in [-0.2, 0) is 9.53 Å². The van der Waals surface area contributed by atoms with Crippen molar-refractivity contribution in [1.82, 2.24) is 0 Å². The minimum absolute atomic E-state index is 0.132. The van der Waals surface area contributed by atoms with Gasteiger partial charge < -0.3 is 13.9 Å². The van der Waals surface area contributed by atoms with Gasteiger partial charge in [0.1, 0.15) is 16.4 Å². The smallest absolute Gasteiger partial charge is 0.355 e. The molecule has 1 aromatic carbocycles. The van der Waals surface area contributed by atoms with Crippen LogP contribution in [0.1, 0.15) is 90.5 Å². The molecule has 5 nitrogen and oxygen atoms in total. The number of benzene rings is 1. The van der Waals surface area contributed by atoms with Crippen molar-refractivity contribution in [1.29, 1.82) is 0 Å². The Hall–Kier alpha value is -2.27. The third kappa shape index (κ3) is 10.8. The highest BCUT2D eigenvalue weighted by atomic mass is 35.5. The van der Waals surface area contributed by atoms with Gasteiger partial charge in [0.05, 0.1) is 13.2 Å². The molecule has 6 heteroatoms. The van der Waals surface area contributed by atoms with Gasteiger partial charge >= 0.3 is 11.6 Å². The molecule has 0 aliphatic rings. The molecule has 1 aromatic heterocycles. The molecule has 0 amide bonds. The van der Waals surface area contributed by atoms with Crippen LogP contribution in [0.15, 0.2) is 39.6 Å². The van der Waals surface area contributed by atoms with E-state index in [1.165, 1.54) is 38.5 Å². The Morgan fingerprint density at radius 2 is 1.47 bits per heavy atom. The Labute approximate surface area is 209 Å². The fraction of sp³-hybridized carbons (Fsp3) is 0.571. The SMILES string of the molecule is C=C(C)C(=O)OCCCCCCCCCCCCOc1ccc2c(C)c(Cl)c(=O)oc2c1.CC. The average Bonchev–Trinajstić information content (AvgIpc) is 2.83. The molecule has 34 heavy (non-hydrogen) atoms. The number of fused-ring (bicyclic) bond motifs is 1. The lowest BCUT2D eigenvalue weighted by Crippen LogP contribution is -2.05. The Balaban J connectivity index is 0.00000281. The molecule has 0 unspecified atom stereocenters. The molecule has 1 heterocycles. The Kier molecular flexibility index (Phi) is 15.1. The van der Waals surface area contributed by atoms with Gasteiger partial charge in [-0.3, -0.25) is 0 Å². The number of hydrogen-bond donors (Lipinski definition) is 0. The molecular formula is C28H41ClO5. The number of hydrogen-bond acceptors (Lipinski definition) is 5. The number of rotatable bonds is 15. The number of carbonyl (C=O) groups excluding carboxylic acids is 1. The average molecular weight is 493 g/mol. The van der Waals surface area contributed by atoms with E-state index in [-0.39, 0.29) is 11.0 Å². The van der Waals surface area contributed by atoms with Gasteiger partial charge in [0.2, 0.25) is 0 Å². The van der Waals surface area contributed by atoms with Crippen molar-refractivity contribution in [3.8, 4) is 5.75 Å². The first-order valence-electron chi connectivity index (χ1n) is 12.6. The molecule has 0 radical (unpaired) electrons. The van der Waals surface area contributed by atoms with Crippen LogP contribution in [0.5, 0.6) is 5.75 Å². The second kappa shape index (κ2) is 17.2. The van der Waals surface area contributed by atoms with E-state index in [0.717, 1.165) is 36.6 Å². The summed E-state index contributed by atoms with van der Waals surface area (Å²) in [5, 5.41) is 0.959. The van der Waals surface area contributed by atoms with E-state index >= 15 is 0 Å². The molecule has 190 valence electrons. The van der Waals surface area contributed by atoms with Crippen molar-refractivity contribution >= 4 is 28.5 Å². The number of unbranched alkanes of at least 4 members (excludes halogenated alkanes) is 9. The third-order valence-corrected chi connectivity index (χ3v) is 5.89. The quantitative estimate of drug-likeness (QED) is 0.108. The van der Waals surface area contributed by atoms with E-state index < -0.39 is 5.63 Å². The summed E-state index contributed by atoms with van der Waals surface area (Å²) < 4.78 is 16.2. The van der Waals surface area contributed by atoms with Crippen LogP contribution in [0.3, 0.4) is 0 Å². The van der Waals surface area contributed by atoms with Gasteiger partial charge in [-0.15, -0.1) is 0 Å². The zero-order chi connectivity index (χ0) is 25.3. The fourth-order valence-corrected chi connectivity index (χ4v) is 3.64. The largest absolute Gasteiger partial charge is 0.493 e. The predicted molar refractivity (Wildman–Crippen MR) is 141 cm³/mol. The number of ether oxygens (including phenoxy) is 2. The van der Waals surface area contributed by atoms with Gasteiger partial charge in [-0.2, -0.15) is 0 Å². The minimum Gasteiger partial charge on any atom is -0.493 e. The molecular weight excluding hydrogens is 452 g/mol. The zero-order valence-electron chi connectivity index (χ0n) is 21.3. The molecule has 0 spiro atoms. The second-order valence-electron chi connectivity index (χ2n) is 8.29. The van der Waals surface area contributed by atoms with E-state index in [1.807, 2.05) is 32.9 Å². The highest BCUT2D eigenvalue weighted by molar-refractivity contribution is 6.31. The van der Waals surface area contributed by atoms with E-state index in [9.17, 15) is 9.59 Å². The van der Waals surface area contributed by atoms with E-state index in [4.69, 9.17) is 25.5 Å². The summed E-state index contributed by atoms with van der Waals surface area (Å²) in [7, 11) is 0. The maximum absolute atomic E-state index is 11.7. The number of esters is 1. The molecule has 0 saturated heterocycles. The number of aryl methyl sites for hydroxylation is 1. The van der Waals surface area contributed by atoms with E-state index in [1.54, 1.807) is 13.0 Å². The van der Waals surface area contributed by atoms with Crippen molar-refractivity contribution in [3.05, 3.63) is 51.4 Å². The summed E-state index contributed by atoms with van der Waals surface area (Å²) in [6.07, 6.45) is 11.6. The topological polar surface area (TPSA) is 65.7 Å². The van der Waals surface area contributed by atoms with Crippen molar-refractivity contribution in [2.24, 2.45) is 0 Å². The molecule has 0 saturated carbocycles. The highest BCUT2D eigenvalue weighted by Gasteiger charge is 2.10. The van der Waals surface area contributed by atoms with Crippen LogP contribution in [0.4, 0.5) is 0 Å². The first kappa shape index (κ1) is 29.8. The molecule has 0 bridgehead atoms. The minimum atomic E-state index is -0.516. The van der Waals surface area contributed by atoms with Crippen LogP contribution in [0.25, 0.3) is 11.0 Å². The monoisotopic (exact) mass is 492 g/mol. The summed E-state index contributed by atoms with van der Waals surface area (Å²) in [5.74, 6) is 0.415. The second-order valence-corrected chi connectivity index (χ2v) is 8.66. The van der Waals surface area contributed by atoms with Gasteiger partial charge in [0.15, 0.2) is 0 Å². The normalized spacial score (nSPS) is 10.5. The Bertz CT molecular complexity index is 948. The summed E-state index contributed by atoms with van der Waals surface area (Å²) in [6, 6.07) is 5.52. The van der Waals surface area contributed by atoms with Crippen molar-refractivity contribution in [2.75, 3.05) is 13.2 Å². The lowest BCUT2D eigenvalue weighted by Gasteiger charge is -2.08. The fourth-order valence-electron chi connectivity index (χ4n) is 3.50. The maximum atomic E-state index is 11.7. The van der Waals surface area contributed by atoms with Gasteiger partial charge in [-0.1, -0.05) is 83.4 Å². The standard InChI is InChI=1S/C26H35ClO5.C2H6/c1-19(2)25(28)31-17-13-11-9-7-5-4-6-8-10-12-16-30-21-14-15-22-20(3)24(27)26(29)32-23(22)18-21;1-2/h14-15,18H,1,4-13,16-17H2,2-3H3;1-2H3. The van der Waals surface area contributed by atoms with Gasteiger partial charge in [-0.05, 0) is 44.4 Å². The van der Waals surface area contributed by atoms with Crippen LogP contribution in [0.2, 0.25) is 5.02 Å². The number of halogens is 1. The molecule has 0 aliphatic carbocycles. The van der Waals surface area contributed by atoms with Gasteiger partial charge in [0.25, 0.3) is 0 Å². The van der Waals surface area contributed by atoms with Crippen LogP contribution in [0, 0.1) is 6.92 Å². The van der Waals surface area contributed by atoms with Gasteiger partial charge in [-0.25, -0.2) is 9.59 Å². The van der Waals surface area contributed by atoms with Crippen molar-refractivity contribution in [3.63, 3.8) is 0 Å². The van der Waals surface area contributed by atoms with Crippen molar-refractivity contribution < 1.29 is 18.7 Å². The summed E-state index contributed by atoms with van der Waals surface area (Å²) in [5.41, 5.74) is 1.18. The summed E-state index contributed by atoms with van der Waals surface area (Å²) >= 11 is 5.96. The molecule has 2 rings (SSSR count). The van der Waals surface area contributed by atoms with E-state index in [0.29, 0.717) is 30.1 Å². The lowest BCUT2D eigenvalue weighted by atomic mass is 10.1. The van der Waals surface area contributed by atoms with Crippen LogP contribution >= 0.6 is 11.6 Å². The lowest BCUT2D eigenvalue weighted by molar-refractivity contribution is -0.139. The third-order valence-electron chi connectivity index (χ3n) is 5.46. The molecule has 2 aromatic rings. The van der Waals surface area contributed by atoms with Crippen LogP contribution < -0.4 is 10.4 Å². The van der Waals surface area contributed by atoms with Crippen molar-refractivity contribution in [2.45, 2.75) is 91.9 Å². The zero-order valence-corrected chi connectivity index (χ0v) is 22.1. The predicted octanol–water partition coefficient (Wildman–Crippen LogP) is 8.18. The summed E-state index contributed by atoms with van der Waals surface area (Å²) in [4.78, 5) is 23.0. The molecule has 0 aliphatic heterocycles. The molecule has 0 atom stereocenters. The first-order valence-corrected chi connectivity index (χ1v) is 13.0. The molecule has 0 N–H and O–H groups in total. The highest BCUT2D eigenvalue weighted by Crippen LogP contribution is 2.26. The van der Waals surface area contributed by atoms with E-state index in [2.05, 4.69) is 6.58 Å². The Morgan fingerprint density at radius 1 is 0.941 bits per heavy atom. The number of carbonyl (C=O) groups is 1. The van der Waals surface area contributed by atoms with Gasteiger partial charge in [0, 0.05) is 17.0 Å². The van der Waals surface area contributed by atoms with Crippen LogP contribution in [-0.4, -0.2) is 19.2 Å². The maximum Gasteiger partial charge on any atom is 0.355 e. The Morgan fingerprint density at radius 3 is 2.03 bits per heavy atom. The summed E-state index contributed by atoms with van der Waals surface area (Å²) in [6.45, 7) is 12.2. The first-order chi connectivity index (χ1) is 16.4. The molecule has 0 fully saturated rings.